The average Bonchev–Trinajstić information content (AvgIpc) is 2.62. The standard InChI is InChI=1S/C9H6N4OSe/c1-13-9(14)6-5-3-2-4-10-7(5)15-8(6)11-12-13/h2-4H,1H3. The topological polar surface area (TPSA) is 60.7 Å². The van der Waals surface area contributed by atoms with Gasteiger partial charge in [-0.3, -0.25) is 0 Å². The Kier molecular flexibility index (Phi) is 1.74. The molecule has 0 aliphatic heterocycles. The quantitative estimate of drug-likeness (QED) is 0.534. The molecule has 5 nitrogen and oxygen atoms in total. The molecule has 74 valence electrons. The molecule has 0 bridgehead atoms. The van der Waals surface area contributed by atoms with Crippen LogP contribution in [0.5, 0.6) is 0 Å². The molecule has 0 fully saturated rings. The van der Waals surface area contributed by atoms with Gasteiger partial charge in [0.1, 0.15) is 0 Å². The fraction of sp³-hybridized carbons (Fsp3) is 0.111. The van der Waals surface area contributed by atoms with Crippen molar-refractivity contribution in [2.24, 2.45) is 7.05 Å². The van der Waals surface area contributed by atoms with Crippen LogP contribution >= 0.6 is 0 Å². The summed E-state index contributed by atoms with van der Waals surface area (Å²) in [5.74, 6) is 0. The van der Waals surface area contributed by atoms with Crippen LogP contribution in [0.4, 0.5) is 0 Å². The summed E-state index contributed by atoms with van der Waals surface area (Å²) in [5.41, 5.74) is -0.0892. The van der Waals surface area contributed by atoms with Crippen molar-refractivity contribution in [3.05, 3.63) is 28.7 Å². The summed E-state index contributed by atoms with van der Waals surface area (Å²) in [5, 5.41) is 9.41. The molecule has 0 aliphatic rings. The number of aryl methyl sites for hydroxylation is 1. The Bertz CT molecular complexity index is 715. The zero-order valence-corrected chi connectivity index (χ0v) is 9.55. The number of fused-ring (bicyclic) bond motifs is 3. The van der Waals surface area contributed by atoms with Crippen LogP contribution in [0, 0.1) is 0 Å². The van der Waals surface area contributed by atoms with Gasteiger partial charge in [-0.1, -0.05) is 0 Å². The average molecular weight is 265 g/mol. The van der Waals surface area contributed by atoms with Crippen LogP contribution in [-0.2, 0) is 7.05 Å². The third kappa shape index (κ3) is 1.15. The van der Waals surface area contributed by atoms with Gasteiger partial charge >= 0.3 is 89.8 Å². The van der Waals surface area contributed by atoms with Gasteiger partial charge in [-0.2, -0.15) is 0 Å². The van der Waals surface area contributed by atoms with Crippen LogP contribution < -0.4 is 5.56 Å². The van der Waals surface area contributed by atoms with Crippen molar-refractivity contribution in [3.8, 4) is 0 Å². The van der Waals surface area contributed by atoms with Crippen molar-refractivity contribution in [1.82, 2.24) is 20.0 Å². The maximum absolute atomic E-state index is 11.9. The fourth-order valence-electron chi connectivity index (χ4n) is 1.51. The zero-order chi connectivity index (χ0) is 10.4. The van der Waals surface area contributed by atoms with Crippen LogP contribution in [0.15, 0.2) is 23.1 Å². The molecule has 0 saturated carbocycles. The number of hydrogen-bond donors (Lipinski definition) is 0. The molecule has 3 rings (SSSR count). The van der Waals surface area contributed by atoms with Gasteiger partial charge in [-0.25, -0.2) is 0 Å². The summed E-state index contributed by atoms with van der Waals surface area (Å²) in [6, 6.07) is 3.75. The van der Waals surface area contributed by atoms with Gasteiger partial charge in [0.05, 0.1) is 0 Å². The third-order valence-electron chi connectivity index (χ3n) is 2.23. The second-order valence-corrected chi connectivity index (χ2v) is 5.21. The van der Waals surface area contributed by atoms with E-state index >= 15 is 0 Å². The monoisotopic (exact) mass is 266 g/mol. The first kappa shape index (κ1) is 8.76. The summed E-state index contributed by atoms with van der Waals surface area (Å²) in [6.07, 6.45) is 1.74. The Morgan fingerprint density at radius 2 is 2.27 bits per heavy atom. The molecule has 0 atom stereocenters. The first-order valence-electron chi connectivity index (χ1n) is 4.34. The van der Waals surface area contributed by atoms with Crippen LogP contribution in [0.3, 0.4) is 0 Å². The first-order chi connectivity index (χ1) is 7.27. The predicted octanol–water partition coefficient (Wildman–Crippen LogP) is -0.0663. The molecule has 3 aromatic rings. The molecule has 3 heterocycles. The van der Waals surface area contributed by atoms with Gasteiger partial charge < -0.3 is 0 Å². The molecular weight excluding hydrogens is 259 g/mol. The van der Waals surface area contributed by atoms with Crippen LogP contribution in [0.1, 0.15) is 0 Å². The van der Waals surface area contributed by atoms with Gasteiger partial charge in [0.25, 0.3) is 0 Å². The van der Waals surface area contributed by atoms with E-state index in [2.05, 4.69) is 15.3 Å². The Balaban J connectivity index is 2.69. The van der Waals surface area contributed by atoms with Crippen molar-refractivity contribution >= 4 is 34.1 Å². The van der Waals surface area contributed by atoms with E-state index in [4.69, 9.17) is 0 Å². The fourth-order valence-corrected chi connectivity index (χ4v) is 3.51. The summed E-state index contributed by atoms with van der Waals surface area (Å²) in [7, 11) is 1.61. The minimum atomic E-state index is -0.0892. The SMILES string of the molecule is Cn1nnc2[se]c3ncccc3c2c1=O. The Morgan fingerprint density at radius 3 is 3.13 bits per heavy atom. The molecule has 0 unspecified atom stereocenters. The molecule has 0 saturated heterocycles. The normalized spacial score (nSPS) is 11.3. The number of aromatic nitrogens is 4. The number of hydrogen-bond acceptors (Lipinski definition) is 4. The van der Waals surface area contributed by atoms with E-state index < -0.39 is 0 Å². The Labute approximate surface area is 90.1 Å². The molecular formula is C9H6N4OSe. The number of rotatable bonds is 0. The molecule has 3 aromatic heterocycles. The van der Waals surface area contributed by atoms with E-state index in [0.717, 1.165) is 14.2 Å². The van der Waals surface area contributed by atoms with Crippen molar-refractivity contribution in [3.63, 3.8) is 0 Å². The Hall–Kier alpha value is -1.52. The molecule has 0 spiro atoms. The third-order valence-corrected chi connectivity index (χ3v) is 4.32. The molecule has 0 amide bonds. The van der Waals surface area contributed by atoms with Gasteiger partial charge in [-0.15, -0.1) is 0 Å². The summed E-state index contributed by atoms with van der Waals surface area (Å²) < 4.78 is 3.02. The molecule has 15 heavy (non-hydrogen) atoms. The molecule has 0 radical (unpaired) electrons. The summed E-state index contributed by atoms with van der Waals surface area (Å²) >= 11 is 0.0202. The van der Waals surface area contributed by atoms with Crippen LogP contribution in [0.25, 0.3) is 19.6 Å². The van der Waals surface area contributed by atoms with E-state index in [0.29, 0.717) is 5.39 Å². The van der Waals surface area contributed by atoms with Crippen molar-refractivity contribution < 1.29 is 0 Å². The Morgan fingerprint density at radius 1 is 1.40 bits per heavy atom. The van der Waals surface area contributed by atoms with Crippen molar-refractivity contribution in [2.75, 3.05) is 0 Å². The summed E-state index contributed by atoms with van der Waals surface area (Å²) in [6.45, 7) is 0. The minimum absolute atomic E-state index is 0.0202. The zero-order valence-electron chi connectivity index (χ0n) is 7.84. The van der Waals surface area contributed by atoms with Crippen molar-refractivity contribution in [2.45, 2.75) is 0 Å². The predicted molar refractivity (Wildman–Crippen MR) is 57.0 cm³/mol. The van der Waals surface area contributed by atoms with E-state index in [1.54, 1.807) is 13.2 Å². The van der Waals surface area contributed by atoms with E-state index in [-0.39, 0.29) is 20.1 Å². The second kappa shape index (κ2) is 2.98. The van der Waals surface area contributed by atoms with Gasteiger partial charge in [-0.05, 0) is 0 Å². The van der Waals surface area contributed by atoms with E-state index in [1.807, 2.05) is 12.1 Å². The van der Waals surface area contributed by atoms with Crippen LogP contribution in [0.2, 0.25) is 0 Å². The number of pyridine rings is 1. The van der Waals surface area contributed by atoms with Gasteiger partial charge in [0, 0.05) is 0 Å². The first-order valence-corrected chi connectivity index (χ1v) is 6.06. The van der Waals surface area contributed by atoms with Gasteiger partial charge in [0.2, 0.25) is 0 Å². The number of nitrogens with zero attached hydrogens (tertiary/aromatic N) is 4. The molecule has 0 aliphatic carbocycles. The van der Waals surface area contributed by atoms with Gasteiger partial charge in [0.15, 0.2) is 0 Å². The van der Waals surface area contributed by atoms with E-state index in [1.165, 1.54) is 4.68 Å². The molecule has 6 heteroatoms. The van der Waals surface area contributed by atoms with E-state index in [9.17, 15) is 4.79 Å². The van der Waals surface area contributed by atoms with Crippen LogP contribution in [-0.4, -0.2) is 34.5 Å². The molecule has 0 N–H and O–H groups in total. The summed E-state index contributed by atoms with van der Waals surface area (Å²) in [4.78, 5) is 16.1. The maximum atomic E-state index is 11.9. The second-order valence-electron chi connectivity index (χ2n) is 3.16. The molecule has 0 aromatic carbocycles. The van der Waals surface area contributed by atoms with Crippen molar-refractivity contribution in [1.29, 1.82) is 0 Å².